The van der Waals surface area contributed by atoms with Crippen molar-refractivity contribution in [2.45, 2.75) is 61.2 Å². The normalized spacial score (nSPS) is 30.5. The molecule has 0 saturated heterocycles. The SMILES string of the molecule is O=C1c2cc3c(cc2C2c4ccccc4C1c1ccccc12)c1cc2c(c4c5cc6c(cc5n3c14)C(=O)C1c3ccccc3C6c3ccccc31)C1(c3ccccc3-2)C2CC3CC4CC1CC34C2. The maximum atomic E-state index is 15.6. The van der Waals surface area contributed by atoms with E-state index in [0.29, 0.717) is 17.3 Å². The summed E-state index contributed by atoms with van der Waals surface area (Å²) in [5.74, 6) is 2.54. The number of nitrogens with zero attached hydrogens (tertiary/aromatic N) is 1. The monoisotopic (exact) mass is 869 g/mol. The van der Waals surface area contributed by atoms with E-state index in [1.54, 1.807) is 11.1 Å². The number of rotatable bonds is 0. The summed E-state index contributed by atoms with van der Waals surface area (Å²) in [6, 6.07) is 56.7. The van der Waals surface area contributed by atoms with E-state index < -0.39 is 0 Å². The first kappa shape index (κ1) is 35.1. The second kappa shape index (κ2) is 11.1. The van der Waals surface area contributed by atoms with Crippen LogP contribution in [0.4, 0.5) is 0 Å². The number of aromatic nitrogens is 1. The van der Waals surface area contributed by atoms with Crippen molar-refractivity contribution in [3.8, 4) is 11.1 Å². The maximum Gasteiger partial charge on any atom is 0.175 e. The van der Waals surface area contributed by atoms with Crippen LogP contribution in [-0.4, -0.2) is 16.0 Å². The van der Waals surface area contributed by atoms with Crippen LogP contribution in [0.15, 0.2) is 152 Å². The summed E-state index contributed by atoms with van der Waals surface area (Å²) in [6.45, 7) is 0. The Balaban J connectivity index is 0.992. The Morgan fingerprint density at radius 2 is 0.838 bits per heavy atom. The summed E-state index contributed by atoms with van der Waals surface area (Å²) in [5, 5.41) is 5.12. The Morgan fingerprint density at radius 1 is 0.397 bits per heavy atom. The Kier molecular flexibility index (Phi) is 5.72. The van der Waals surface area contributed by atoms with Gasteiger partial charge in [-0.05, 0) is 169 Å². The molecule has 3 nitrogen and oxygen atoms in total. The van der Waals surface area contributed by atoms with Gasteiger partial charge < -0.3 is 4.40 Å². The fourth-order valence-corrected chi connectivity index (χ4v) is 18.9. The van der Waals surface area contributed by atoms with E-state index in [4.69, 9.17) is 0 Å². The standard InChI is InChI=1S/C65H43NO2/c67-62-49-27-53-44(24-45(49)55-36-12-1-5-16-40(36)57(62)41-17-6-2-13-37(41)55)48-26-47-35-11-9-10-20-52(35)65(33-22-31-21-32-23-34(65)30-64(31,32)29-33)60(47)59-51-25-46-50(28-54(51)66(53)61(48)59)63(68)58-42-18-7-3-14-38(42)56(46)39-15-4-8-19-43(39)58/h1-20,24-28,31-34,55-58H,21-23,29-30H2. The van der Waals surface area contributed by atoms with E-state index in [1.807, 2.05) is 0 Å². The Bertz CT molecular complexity index is 4030. The fourth-order valence-electron chi connectivity index (χ4n) is 18.9. The number of hydrogen-bond acceptors (Lipinski definition) is 2. The van der Waals surface area contributed by atoms with E-state index in [2.05, 4.69) is 156 Å². The molecule has 11 aliphatic rings. The number of benzene rings is 8. The molecule has 68 heavy (non-hydrogen) atoms. The molecule has 2 spiro atoms. The Hall–Kier alpha value is -7.10. The molecular weight excluding hydrogens is 827 g/mol. The third-order valence-electron chi connectivity index (χ3n) is 21.0. The highest BCUT2D eigenvalue weighted by molar-refractivity contribution is 6.28. The van der Waals surface area contributed by atoms with Gasteiger partial charge in [-0.15, -0.1) is 0 Å². The zero-order chi connectivity index (χ0) is 43.8. The van der Waals surface area contributed by atoms with Gasteiger partial charge in [-0.1, -0.05) is 121 Å². The molecule has 2 heterocycles. The molecule has 4 fully saturated rings. The number of hydrogen-bond donors (Lipinski definition) is 0. The van der Waals surface area contributed by atoms with Gasteiger partial charge in [0, 0.05) is 49.9 Å². The molecule has 320 valence electrons. The van der Waals surface area contributed by atoms with Crippen LogP contribution in [0.3, 0.4) is 0 Å². The summed E-state index contributed by atoms with van der Waals surface area (Å²) < 4.78 is 2.54. The van der Waals surface area contributed by atoms with Gasteiger partial charge in [-0.2, -0.15) is 0 Å². The molecular formula is C65H43NO2. The third-order valence-corrected chi connectivity index (χ3v) is 21.0. The van der Waals surface area contributed by atoms with Gasteiger partial charge in [0.1, 0.15) is 0 Å². The van der Waals surface area contributed by atoms with Gasteiger partial charge in [0.25, 0.3) is 0 Å². The van der Waals surface area contributed by atoms with Gasteiger partial charge in [-0.3, -0.25) is 9.59 Å². The molecule has 8 aromatic carbocycles. The Labute approximate surface area is 392 Å². The highest BCUT2D eigenvalue weighted by Gasteiger charge is 2.75. The quantitative estimate of drug-likeness (QED) is 0.152. The average molecular weight is 870 g/mol. The zero-order valence-corrected chi connectivity index (χ0v) is 37.4. The van der Waals surface area contributed by atoms with Gasteiger partial charge in [0.15, 0.2) is 11.6 Å². The third kappa shape index (κ3) is 3.49. The first-order chi connectivity index (χ1) is 33.5. The number of fused-ring (bicyclic) bond motifs is 16. The lowest BCUT2D eigenvalue weighted by atomic mass is 9.53. The van der Waals surface area contributed by atoms with Crippen molar-refractivity contribution >= 4 is 49.7 Å². The van der Waals surface area contributed by atoms with E-state index >= 15 is 9.59 Å². The van der Waals surface area contributed by atoms with Gasteiger partial charge in [0.05, 0.1) is 28.4 Å². The molecule has 3 heteroatoms. The van der Waals surface area contributed by atoms with Crippen LogP contribution in [0.25, 0.3) is 49.2 Å². The first-order valence-corrected chi connectivity index (χ1v) is 25.4. The highest BCUT2D eigenvalue weighted by Crippen LogP contribution is 2.82. The van der Waals surface area contributed by atoms with Crippen LogP contribution in [0.2, 0.25) is 0 Å². The lowest BCUT2D eigenvalue weighted by molar-refractivity contribution is -0.00183. The summed E-state index contributed by atoms with van der Waals surface area (Å²) in [5.41, 5.74) is 23.4. The van der Waals surface area contributed by atoms with Gasteiger partial charge in [0.2, 0.25) is 0 Å². The molecule has 4 atom stereocenters. The van der Waals surface area contributed by atoms with Crippen LogP contribution < -0.4 is 0 Å². The van der Waals surface area contributed by atoms with Crippen molar-refractivity contribution in [3.05, 3.63) is 230 Å². The van der Waals surface area contributed by atoms with Crippen LogP contribution in [0, 0.1) is 29.1 Å². The van der Waals surface area contributed by atoms with E-state index in [-0.39, 0.29) is 40.7 Å². The minimum Gasteiger partial charge on any atom is -0.308 e. The number of carbonyl (C=O) groups is 2. The molecule has 0 N–H and O–H groups in total. The second-order valence-corrected chi connectivity index (χ2v) is 22.8. The fraction of sp³-hybridized carbons (Fsp3) is 0.231. The number of ketones is 2. The van der Waals surface area contributed by atoms with Crippen molar-refractivity contribution in [3.63, 3.8) is 0 Å². The van der Waals surface area contributed by atoms with Crippen LogP contribution in [0.1, 0.15) is 143 Å². The smallest absolute Gasteiger partial charge is 0.175 e. The topological polar surface area (TPSA) is 38.5 Å². The molecule has 0 aliphatic heterocycles. The zero-order valence-electron chi connectivity index (χ0n) is 37.4. The molecule has 0 radical (unpaired) electrons. The maximum absolute atomic E-state index is 15.6. The lowest BCUT2D eigenvalue weighted by Gasteiger charge is -2.50. The van der Waals surface area contributed by atoms with Crippen molar-refractivity contribution in [1.82, 2.24) is 4.40 Å². The van der Waals surface area contributed by atoms with Crippen molar-refractivity contribution < 1.29 is 9.59 Å². The van der Waals surface area contributed by atoms with Gasteiger partial charge >= 0.3 is 0 Å². The van der Waals surface area contributed by atoms with Gasteiger partial charge in [-0.25, -0.2) is 0 Å². The Morgan fingerprint density at radius 3 is 1.37 bits per heavy atom. The number of Topliss-reactive ketones (excluding diaryl/α,β-unsaturated/α-hetero) is 2. The van der Waals surface area contributed by atoms with Crippen LogP contribution >= 0.6 is 0 Å². The van der Waals surface area contributed by atoms with Crippen molar-refractivity contribution in [1.29, 1.82) is 0 Å². The molecule has 4 saturated carbocycles. The summed E-state index contributed by atoms with van der Waals surface area (Å²) in [6.07, 6.45) is 6.83. The second-order valence-electron chi connectivity index (χ2n) is 22.8. The van der Waals surface area contributed by atoms with E-state index in [1.165, 1.54) is 92.5 Å². The van der Waals surface area contributed by atoms with Crippen molar-refractivity contribution in [2.75, 3.05) is 0 Å². The summed E-state index contributed by atoms with van der Waals surface area (Å²) >= 11 is 0. The minimum atomic E-state index is -0.351. The summed E-state index contributed by atoms with van der Waals surface area (Å²) in [7, 11) is 0. The first-order valence-electron chi connectivity index (χ1n) is 25.4. The predicted octanol–water partition coefficient (Wildman–Crippen LogP) is 14.2. The molecule has 7 bridgehead atoms. The summed E-state index contributed by atoms with van der Waals surface area (Å²) in [4.78, 5) is 31.2. The lowest BCUT2D eigenvalue weighted by Crippen LogP contribution is -2.45. The molecule has 4 unspecified atom stereocenters. The molecule has 2 aromatic heterocycles. The highest BCUT2D eigenvalue weighted by atomic mass is 16.1. The van der Waals surface area contributed by atoms with E-state index in [9.17, 15) is 0 Å². The average Bonchev–Trinajstić information content (AvgIpc) is 4.04. The van der Waals surface area contributed by atoms with Crippen LogP contribution in [-0.2, 0) is 5.41 Å². The largest absolute Gasteiger partial charge is 0.308 e. The minimum absolute atomic E-state index is 0.0400. The predicted molar refractivity (Wildman–Crippen MR) is 267 cm³/mol. The van der Waals surface area contributed by atoms with E-state index in [0.717, 1.165) is 67.4 Å². The van der Waals surface area contributed by atoms with Crippen LogP contribution in [0.5, 0.6) is 0 Å². The van der Waals surface area contributed by atoms with Crippen molar-refractivity contribution in [2.24, 2.45) is 29.1 Å². The molecule has 10 aromatic rings. The molecule has 11 aliphatic carbocycles. The molecule has 21 rings (SSSR count). The number of carbonyl (C=O) groups excluding carboxylic acids is 2. The molecule has 0 amide bonds.